The summed E-state index contributed by atoms with van der Waals surface area (Å²) in [6.45, 7) is 1.72. The van der Waals surface area contributed by atoms with Gasteiger partial charge in [0.2, 0.25) is 0 Å². The van der Waals surface area contributed by atoms with Crippen LogP contribution in [-0.4, -0.2) is 48.1 Å². The second-order valence-corrected chi connectivity index (χ2v) is 8.87. The van der Waals surface area contributed by atoms with E-state index in [1.165, 1.54) is 30.5 Å². The Kier molecular flexibility index (Phi) is 7.90. The van der Waals surface area contributed by atoms with Gasteiger partial charge in [0.1, 0.15) is 12.2 Å². The third-order valence-electron chi connectivity index (χ3n) is 4.94. The average Bonchev–Trinajstić information content (AvgIpc) is 3.49. The van der Waals surface area contributed by atoms with Crippen LogP contribution in [0.15, 0.2) is 42.7 Å². The SMILES string of the molecule is CCNC(=O)c1cc(Cl)cc(Cl)c1NC(=O)c1cc(Cn2ncc(C(F)(F)F)n2)nn1-c1ncccc1Cl. The van der Waals surface area contributed by atoms with Crippen molar-refractivity contribution in [3.05, 3.63) is 80.4 Å². The number of nitrogens with zero attached hydrogens (tertiary/aromatic N) is 6. The Morgan fingerprint density at radius 1 is 1.05 bits per heavy atom. The molecule has 3 heterocycles. The average molecular weight is 588 g/mol. The van der Waals surface area contributed by atoms with E-state index in [0.29, 0.717) is 12.7 Å². The number of rotatable bonds is 7. The standard InChI is InChI=1S/C22H16Cl3F3N8O2/c1-2-29-20(37)13-6-11(23)7-15(25)18(13)32-21(38)16-8-12(10-35-31-9-17(34-35)22(26,27)28)33-36(16)19-14(24)4-3-5-30-19/h3-9H,2,10H2,1H3,(H,29,37)(H,32,38). The third kappa shape index (κ3) is 5.90. The first kappa shape index (κ1) is 27.4. The van der Waals surface area contributed by atoms with Crippen molar-refractivity contribution in [2.45, 2.75) is 19.6 Å². The molecule has 2 amide bonds. The van der Waals surface area contributed by atoms with Crippen LogP contribution in [0.4, 0.5) is 18.9 Å². The van der Waals surface area contributed by atoms with Crippen LogP contribution in [0, 0.1) is 0 Å². The number of halogens is 6. The summed E-state index contributed by atoms with van der Waals surface area (Å²) < 4.78 is 39.9. The lowest BCUT2D eigenvalue weighted by Crippen LogP contribution is -2.25. The molecule has 0 aliphatic heterocycles. The van der Waals surface area contributed by atoms with Gasteiger partial charge in [-0.2, -0.15) is 28.2 Å². The van der Waals surface area contributed by atoms with Gasteiger partial charge in [-0.15, -0.1) is 5.10 Å². The molecule has 3 aromatic heterocycles. The number of anilines is 1. The smallest absolute Gasteiger partial charge is 0.352 e. The minimum atomic E-state index is -4.68. The minimum Gasteiger partial charge on any atom is -0.352 e. The van der Waals surface area contributed by atoms with Crippen molar-refractivity contribution in [2.24, 2.45) is 0 Å². The highest BCUT2D eigenvalue weighted by molar-refractivity contribution is 6.38. The molecular weight excluding hydrogens is 572 g/mol. The van der Waals surface area contributed by atoms with Gasteiger partial charge in [0.25, 0.3) is 11.8 Å². The van der Waals surface area contributed by atoms with Crippen molar-refractivity contribution in [3.8, 4) is 5.82 Å². The van der Waals surface area contributed by atoms with E-state index in [1.807, 2.05) is 0 Å². The van der Waals surface area contributed by atoms with Gasteiger partial charge in [0.15, 0.2) is 11.5 Å². The fraction of sp³-hybridized carbons (Fsp3) is 0.182. The molecule has 0 spiro atoms. The predicted octanol–water partition coefficient (Wildman–Crippen LogP) is 4.89. The molecule has 0 fully saturated rings. The number of hydrogen-bond donors (Lipinski definition) is 2. The van der Waals surface area contributed by atoms with Gasteiger partial charge in [0.05, 0.1) is 33.2 Å². The maximum atomic E-state index is 13.4. The molecule has 16 heteroatoms. The molecule has 0 atom stereocenters. The van der Waals surface area contributed by atoms with E-state index < -0.39 is 23.7 Å². The van der Waals surface area contributed by atoms with E-state index in [2.05, 4.69) is 30.9 Å². The number of pyridine rings is 1. The first-order chi connectivity index (χ1) is 18.0. The van der Waals surface area contributed by atoms with Crippen molar-refractivity contribution >= 4 is 52.3 Å². The zero-order valence-electron chi connectivity index (χ0n) is 19.2. The Balaban J connectivity index is 1.74. The fourth-order valence-corrected chi connectivity index (χ4v) is 4.07. The van der Waals surface area contributed by atoms with Gasteiger partial charge in [-0.25, -0.2) is 9.67 Å². The molecule has 4 rings (SSSR count). The number of amides is 2. The number of hydrogen-bond acceptors (Lipinski definition) is 6. The van der Waals surface area contributed by atoms with Crippen LogP contribution in [0.5, 0.6) is 0 Å². The molecule has 4 aromatic rings. The molecule has 0 radical (unpaired) electrons. The molecule has 38 heavy (non-hydrogen) atoms. The second kappa shape index (κ2) is 11.0. The highest BCUT2D eigenvalue weighted by Gasteiger charge is 2.34. The summed E-state index contributed by atoms with van der Waals surface area (Å²) in [5.74, 6) is -1.23. The number of alkyl halides is 3. The Hall–Kier alpha value is -3.68. The molecule has 0 unspecified atom stereocenters. The predicted molar refractivity (Wildman–Crippen MR) is 133 cm³/mol. The van der Waals surface area contributed by atoms with E-state index in [-0.39, 0.29) is 50.1 Å². The van der Waals surface area contributed by atoms with Crippen LogP contribution < -0.4 is 10.6 Å². The summed E-state index contributed by atoms with van der Waals surface area (Å²) in [7, 11) is 0. The number of carbonyl (C=O) groups excluding carboxylic acids is 2. The van der Waals surface area contributed by atoms with Crippen LogP contribution in [0.1, 0.15) is 39.2 Å². The van der Waals surface area contributed by atoms with Crippen molar-refractivity contribution < 1.29 is 22.8 Å². The topological polar surface area (TPSA) is 120 Å². The first-order valence-corrected chi connectivity index (χ1v) is 11.9. The molecule has 0 saturated heterocycles. The number of benzene rings is 1. The fourth-order valence-electron chi connectivity index (χ4n) is 3.33. The number of carbonyl (C=O) groups is 2. The second-order valence-electron chi connectivity index (χ2n) is 7.62. The van der Waals surface area contributed by atoms with Crippen LogP contribution >= 0.6 is 34.8 Å². The van der Waals surface area contributed by atoms with Crippen molar-refractivity contribution in [2.75, 3.05) is 11.9 Å². The highest BCUT2D eigenvalue weighted by atomic mass is 35.5. The van der Waals surface area contributed by atoms with E-state index in [0.717, 1.165) is 9.48 Å². The van der Waals surface area contributed by atoms with Crippen LogP contribution in [0.3, 0.4) is 0 Å². The molecule has 0 aliphatic carbocycles. The summed E-state index contributed by atoms with van der Waals surface area (Å²) in [6.07, 6.45) is -2.69. The summed E-state index contributed by atoms with van der Waals surface area (Å²) in [6, 6.07) is 7.07. The Morgan fingerprint density at radius 3 is 2.47 bits per heavy atom. The maximum Gasteiger partial charge on any atom is 0.436 e. The zero-order valence-corrected chi connectivity index (χ0v) is 21.5. The zero-order chi connectivity index (χ0) is 27.6. The lowest BCUT2D eigenvalue weighted by molar-refractivity contribution is -0.141. The van der Waals surface area contributed by atoms with Gasteiger partial charge in [-0.05, 0) is 37.3 Å². The van der Waals surface area contributed by atoms with E-state index in [1.54, 1.807) is 13.0 Å². The van der Waals surface area contributed by atoms with Crippen LogP contribution in [0.2, 0.25) is 15.1 Å². The quantitative estimate of drug-likeness (QED) is 0.318. The van der Waals surface area contributed by atoms with Gasteiger partial charge >= 0.3 is 6.18 Å². The largest absolute Gasteiger partial charge is 0.436 e. The van der Waals surface area contributed by atoms with Gasteiger partial charge in [-0.3, -0.25) is 9.59 Å². The van der Waals surface area contributed by atoms with E-state index >= 15 is 0 Å². The highest BCUT2D eigenvalue weighted by Crippen LogP contribution is 2.31. The van der Waals surface area contributed by atoms with Crippen LogP contribution in [0.25, 0.3) is 5.82 Å². The molecule has 10 nitrogen and oxygen atoms in total. The monoisotopic (exact) mass is 586 g/mol. The summed E-state index contributed by atoms with van der Waals surface area (Å²) in [5, 5.41) is 16.8. The van der Waals surface area contributed by atoms with E-state index in [9.17, 15) is 22.8 Å². The molecule has 0 bridgehead atoms. The Bertz CT molecular complexity index is 1520. The molecule has 1 aromatic carbocycles. The Labute approximate surface area is 227 Å². The number of aromatic nitrogens is 6. The maximum absolute atomic E-state index is 13.4. The first-order valence-electron chi connectivity index (χ1n) is 10.7. The lowest BCUT2D eigenvalue weighted by atomic mass is 10.1. The normalized spacial score (nSPS) is 11.4. The molecule has 0 saturated carbocycles. The summed E-state index contributed by atoms with van der Waals surface area (Å²) in [5.41, 5.74) is -1.18. The van der Waals surface area contributed by atoms with E-state index in [4.69, 9.17) is 34.8 Å². The minimum absolute atomic E-state index is 0.00492. The van der Waals surface area contributed by atoms with Gasteiger partial charge in [0, 0.05) is 17.8 Å². The van der Waals surface area contributed by atoms with Crippen molar-refractivity contribution in [1.82, 2.24) is 35.1 Å². The lowest BCUT2D eigenvalue weighted by Gasteiger charge is -2.14. The molecular formula is C22H16Cl3F3N8O2. The van der Waals surface area contributed by atoms with Crippen LogP contribution in [-0.2, 0) is 12.7 Å². The van der Waals surface area contributed by atoms with Gasteiger partial charge < -0.3 is 10.6 Å². The summed E-state index contributed by atoms with van der Waals surface area (Å²) in [4.78, 5) is 30.9. The molecule has 2 N–H and O–H groups in total. The molecule has 198 valence electrons. The summed E-state index contributed by atoms with van der Waals surface area (Å²) >= 11 is 18.6. The third-order valence-corrected chi connectivity index (χ3v) is 5.75. The van der Waals surface area contributed by atoms with Crippen molar-refractivity contribution in [3.63, 3.8) is 0 Å². The number of nitrogens with one attached hydrogen (secondary N) is 2. The van der Waals surface area contributed by atoms with Gasteiger partial charge in [-0.1, -0.05) is 34.8 Å². The molecule has 0 aliphatic rings. The Morgan fingerprint density at radius 2 is 1.82 bits per heavy atom. The van der Waals surface area contributed by atoms with Crippen molar-refractivity contribution in [1.29, 1.82) is 0 Å².